The maximum atomic E-state index is 10.9. The molecule has 0 saturated heterocycles. The highest BCUT2D eigenvalue weighted by Gasteiger charge is 2.20. The normalized spacial score (nSPS) is 14.9. The number of rotatable bonds is 4. The molecule has 0 amide bonds. The summed E-state index contributed by atoms with van der Waals surface area (Å²) < 4.78 is 8.05. The molecule has 3 aromatic rings. The van der Waals surface area contributed by atoms with Gasteiger partial charge in [-0.3, -0.25) is 0 Å². The fourth-order valence-electron chi connectivity index (χ4n) is 3.24. The van der Waals surface area contributed by atoms with Crippen molar-refractivity contribution in [1.29, 1.82) is 0 Å². The molecule has 4 rings (SSSR count). The Bertz CT molecular complexity index is 938. The number of fused-ring (bicyclic) bond motifs is 3. The standard InChI is InChI=1S/C20H17NO3/c22-20(23)12-15-8-9-21-18-7-6-17(10-16(18)11-19(15)21)24-13-14-4-2-1-3-5-14/h1-7,10-12H,8-9,13H2,(H,22,23). The lowest BCUT2D eigenvalue weighted by molar-refractivity contribution is -0.131. The van der Waals surface area contributed by atoms with E-state index in [1.807, 2.05) is 54.6 Å². The second-order valence-corrected chi connectivity index (χ2v) is 5.93. The zero-order valence-corrected chi connectivity index (χ0v) is 13.1. The first-order valence-electron chi connectivity index (χ1n) is 7.94. The lowest BCUT2D eigenvalue weighted by atomic mass is 10.1. The van der Waals surface area contributed by atoms with E-state index in [1.165, 1.54) is 6.08 Å². The Labute approximate surface area is 139 Å². The van der Waals surface area contributed by atoms with Gasteiger partial charge in [-0.2, -0.15) is 0 Å². The Morgan fingerprint density at radius 2 is 2.00 bits per heavy atom. The Hall–Kier alpha value is -3.01. The van der Waals surface area contributed by atoms with Crippen molar-refractivity contribution in [2.75, 3.05) is 0 Å². The van der Waals surface area contributed by atoms with Crippen molar-refractivity contribution in [1.82, 2.24) is 4.57 Å². The summed E-state index contributed by atoms with van der Waals surface area (Å²) in [6.07, 6.45) is 2.08. The second kappa shape index (κ2) is 5.89. The largest absolute Gasteiger partial charge is 0.489 e. The maximum absolute atomic E-state index is 10.9. The molecule has 0 radical (unpaired) electrons. The zero-order chi connectivity index (χ0) is 16.5. The van der Waals surface area contributed by atoms with Gasteiger partial charge in [0.2, 0.25) is 0 Å². The van der Waals surface area contributed by atoms with Crippen LogP contribution in [0.1, 0.15) is 17.7 Å². The van der Waals surface area contributed by atoms with Gasteiger partial charge in [-0.1, -0.05) is 30.3 Å². The number of aromatic nitrogens is 1. The van der Waals surface area contributed by atoms with E-state index in [1.54, 1.807) is 0 Å². The highest BCUT2D eigenvalue weighted by atomic mass is 16.5. The molecule has 0 aliphatic carbocycles. The molecule has 1 aliphatic heterocycles. The number of nitrogens with zero attached hydrogens (tertiary/aromatic N) is 1. The number of hydrogen-bond acceptors (Lipinski definition) is 2. The van der Waals surface area contributed by atoms with E-state index >= 15 is 0 Å². The minimum atomic E-state index is -0.893. The van der Waals surface area contributed by atoms with E-state index in [4.69, 9.17) is 9.84 Å². The molecule has 1 aromatic heterocycles. The number of benzene rings is 2. The molecule has 4 heteroatoms. The second-order valence-electron chi connectivity index (χ2n) is 5.93. The minimum absolute atomic E-state index is 0.532. The molecule has 24 heavy (non-hydrogen) atoms. The monoisotopic (exact) mass is 319 g/mol. The van der Waals surface area contributed by atoms with E-state index < -0.39 is 5.97 Å². The number of aliphatic carboxylic acids is 1. The number of aryl methyl sites for hydroxylation is 1. The van der Waals surface area contributed by atoms with Gasteiger partial charge in [0.25, 0.3) is 0 Å². The number of allylic oxidation sites excluding steroid dienone is 1. The molecule has 1 aliphatic rings. The van der Waals surface area contributed by atoms with Gasteiger partial charge in [-0.25, -0.2) is 4.79 Å². The van der Waals surface area contributed by atoms with Crippen molar-refractivity contribution in [2.45, 2.75) is 19.6 Å². The number of carboxylic acid groups (broad SMARTS) is 1. The van der Waals surface area contributed by atoms with Gasteiger partial charge in [-0.05, 0) is 41.8 Å². The minimum Gasteiger partial charge on any atom is -0.489 e. The molecule has 1 N–H and O–H groups in total. The lowest BCUT2D eigenvalue weighted by Gasteiger charge is -2.07. The van der Waals surface area contributed by atoms with Gasteiger partial charge < -0.3 is 14.4 Å². The van der Waals surface area contributed by atoms with Gasteiger partial charge in [-0.15, -0.1) is 0 Å². The Morgan fingerprint density at radius 3 is 2.79 bits per heavy atom. The highest BCUT2D eigenvalue weighted by Crippen LogP contribution is 2.34. The summed E-state index contributed by atoms with van der Waals surface area (Å²) >= 11 is 0. The molecule has 0 atom stereocenters. The topological polar surface area (TPSA) is 51.5 Å². The first kappa shape index (κ1) is 14.6. The van der Waals surface area contributed by atoms with E-state index in [0.717, 1.165) is 46.4 Å². The summed E-state index contributed by atoms with van der Waals surface area (Å²) in [4.78, 5) is 10.9. The fourth-order valence-corrected chi connectivity index (χ4v) is 3.24. The lowest BCUT2D eigenvalue weighted by Crippen LogP contribution is -1.95. The van der Waals surface area contributed by atoms with Crippen LogP contribution in [0.3, 0.4) is 0 Å². The predicted molar refractivity (Wildman–Crippen MR) is 92.9 cm³/mol. The number of carbonyl (C=O) groups is 1. The molecule has 0 spiro atoms. The third kappa shape index (κ3) is 2.67. The van der Waals surface area contributed by atoms with Crippen LogP contribution in [0.15, 0.2) is 60.7 Å². The van der Waals surface area contributed by atoms with Gasteiger partial charge in [0, 0.05) is 29.2 Å². The molecule has 4 nitrogen and oxygen atoms in total. The van der Waals surface area contributed by atoms with Crippen molar-refractivity contribution < 1.29 is 14.6 Å². The van der Waals surface area contributed by atoms with E-state index in [-0.39, 0.29) is 0 Å². The molecule has 0 fully saturated rings. The molecule has 0 bridgehead atoms. The molecular weight excluding hydrogens is 302 g/mol. The third-order valence-corrected chi connectivity index (χ3v) is 4.35. The van der Waals surface area contributed by atoms with Gasteiger partial charge in [0.1, 0.15) is 12.4 Å². The average Bonchev–Trinajstić information content (AvgIpc) is 3.13. The summed E-state index contributed by atoms with van der Waals surface area (Å²) in [5.41, 5.74) is 4.12. The van der Waals surface area contributed by atoms with Crippen LogP contribution >= 0.6 is 0 Å². The van der Waals surface area contributed by atoms with Crippen LogP contribution in [0.2, 0.25) is 0 Å². The van der Waals surface area contributed by atoms with Crippen LogP contribution in [-0.2, 0) is 17.9 Å². The quantitative estimate of drug-likeness (QED) is 0.737. The molecule has 0 unspecified atom stereocenters. The number of carboxylic acids is 1. The summed E-state index contributed by atoms with van der Waals surface area (Å²) in [5.74, 6) is -0.0741. The van der Waals surface area contributed by atoms with Crippen molar-refractivity contribution >= 4 is 22.4 Å². The number of hydrogen-bond donors (Lipinski definition) is 1. The van der Waals surface area contributed by atoms with Crippen LogP contribution < -0.4 is 4.74 Å². The average molecular weight is 319 g/mol. The smallest absolute Gasteiger partial charge is 0.328 e. The van der Waals surface area contributed by atoms with E-state index in [9.17, 15) is 4.79 Å². The summed E-state index contributed by atoms with van der Waals surface area (Å²) in [7, 11) is 0. The van der Waals surface area contributed by atoms with Gasteiger partial charge >= 0.3 is 5.97 Å². The van der Waals surface area contributed by atoms with E-state index in [2.05, 4.69) is 4.57 Å². The molecular formula is C20H17NO3. The predicted octanol–water partition coefficient (Wildman–Crippen LogP) is 4.09. The zero-order valence-electron chi connectivity index (χ0n) is 13.1. The molecule has 0 saturated carbocycles. The van der Waals surface area contributed by atoms with Crippen LogP contribution in [0.4, 0.5) is 0 Å². The molecule has 2 aromatic carbocycles. The van der Waals surface area contributed by atoms with E-state index in [0.29, 0.717) is 6.61 Å². The SMILES string of the molecule is O=C(O)C=C1CCn2c1cc1cc(OCc3ccccc3)ccc12. The number of ether oxygens (including phenoxy) is 1. The van der Waals surface area contributed by atoms with Crippen LogP contribution in [0, 0.1) is 0 Å². The Morgan fingerprint density at radius 1 is 1.17 bits per heavy atom. The molecule has 120 valence electrons. The summed E-state index contributed by atoms with van der Waals surface area (Å²) in [6.45, 7) is 1.35. The van der Waals surface area contributed by atoms with Crippen molar-refractivity contribution in [3.63, 3.8) is 0 Å². The Balaban J connectivity index is 1.62. The molecule has 2 heterocycles. The fraction of sp³-hybridized carbons (Fsp3) is 0.150. The van der Waals surface area contributed by atoms with Crippen LogP contribution in [0.25, 0.3) is 16.5 Å². The highest BCUT2D eigenvalue weighted by molar-refractivity contribution is 5.94. The van der Waals surface area contributed by atoms with Crippen molar-refractivity contribution in [2.24, 2.45) is 0 Å². The van der Waals surface area contributed by atoms with Crippen LogP contribution in [0.5, 0.6) is 5.75 Å². The Kier molecular flexibility index (Phi) is 3.58. The summed E-state index contributed by atoms with van der Waals surface area (Å²) in [5, 5.41) is 10.1. The van der Waals surface area contributed by atoms with Gasteiger partial charge in [0.15, 0.2) is 0 Å². The summed E-state index contributed by atoms with van der Waals surface area (Å²) in [6, 6.07) is 18.1. The third-order valence-electron chi connectivity index (χ3n) is 4.35. The van der Waals surface area contributed by atoms with Crippen LogP contribution in [-0.4, -0.2) is 15.6 Å². The van der Waals surface area contributed by atoms with Gasteiger partial charge in [0.05, 0.1) is 0 Å². The van der Waals surface area contributed by atoms with Crippen molar-refractivity contribution in [3.05, 3.63) is 71.9 Å². The first-order valence-corrected chi connectivity index (χ1v) is 7.94. The first-order chi connectivity index (χ1) is 11.7. The van der Waals surface area contributed by atoms with Crippen molar-refractivity contribution in [3.8, 4) is 5.75 Å². The maximum Gasteiger partial charge on any atom is 0.328 e.